The largest absolute Gasteiger partial charge is 0.481 e. The summed E-state index contributed by atoms with van der Waals surface area (Å²) < 4.78 is 0. The fourth-order valence-corrected chi connectivity index (χ4v) is 3.25. The fourth-order valence-electron chi connectivity index (χ4n) is 3.25. The standard InChI is InChI=1S/C21H34N10O8/c22-11(6-10-8-26-9-28-10)17(35)29-13(3-4-15(23)32)19(37)30-12(2-1-5-27-21(24)25)18(36)31-14(20(38)39)7-16(33)34/h8-9,11-14H,1-7,22H2,(H2,23,32)(H,26,28)(H,29,35)(H,30,37)(H,31,36)(H,33,34)(H,38,39)(H4,24,25,27). The van der Waals surface area contributed by atoms with E-state index in [1.807, 2.05) is 0 Å². The number of carboxylic acid groups (broad SMARTS) is 2. The first-order chi connectivity index (χ1) is 18.3. The van der Waals surface area contributed by atoms with Gasteiger partial charge in [-0.05, 0) is 19.3 Å². The first kappa shape index (κ1) is 32.3. The summed E-state index contributed by atoms with van der Waals surface area (Å²) in [5.74, 6) is -6.69. The Morgan fingerprint density at radius 3 is 2.03 bits per heavy atom. The first-order valence-corrected chi connectivity index (χ1v) is 11.7. The zero-order valence-corrected chi connectivity index (χ0v) is 21.0. The number of hydrogen-bond acceptors (Lipinski definition) is 9. The van der Waals surface area contributed by atoms with Gasteiger partial charge in [0.1, 0.15) is 18.1 Å². The first-order valence-electron chi connectivity index (χ1n) is 11.7. The zero-order chi connectivity index (χ0) is 29.5. The Morgan fingerprint density at radius 1 is 0.923 bits per heavy atom. The number of hydrogen-bond donors (Lipinski definition) is 10. The van der Waals surface area contributed by atoms with E-state index in [4.69, 9.17) is 28.0 Å². The summed E-state index contributed by atoms with van der Waals surface area (Å²) in [7, 11) is 0. The second-order valence-corrected chi connectivity index (χ2v) is 8.46. The van der Waals surface area contributed by atoms with Crippen LogP contribution in [0.3, 0.4) is 0 Å². The van der Waals surface area contributed by atoms with E-state index >= 15 is 0 Å². The molecular weight excluding hydrogens is 520 g/mol. The molecule has 4 unspecified atom stereocenters. The lowest BCUT2D eigenvalue weighted by atomic mass is 10.1. The van der Waals surface area contributed by atoms with Gasteiger partial charge in [-0.2, -0.15) is 0 Å². The van der Waals surface area contributed by atoms with E-state index in [1.165, 1.54) is 12.5 Å². The number of aromatic nitrogens is 2. The molecule has 0 aromatic carbocycles. The Hall–Kier alpha value is -4.74. The van der Waals surface area contributed by atoms with E-state index in [0.717, 1.165) is 0 Å². The lowest BCUT2D eigenvalue weighted by Crippen LogP contribution is -2.57. The van der Waals surface area contributed by atoms with Crippen LogP contribution in [0.5, 0.6) is 0 Å². The molecule has 1 aromatic heterocycles. The van der Waals surface area contributed by atoms with Crippen molar-refractivity contribution in [3.63, 3.8) is 0 Å². The van der Waals surface area contributed by atoms with Crippen molar-refractivity contribution in [3.8, 4) is 0 Å². The van der Waals surface area contributed by atoms with Gasteiger partial charge in [0, 0.05) is 31.3 Å². The fraction of sp³-hybridized carbons (Fsp3) is 0.524. The molecule has 0 bridgehead atoms. The van der Waals surface area contributed by atoms with Gasteiger partial charge < -0.3 is 54.1 Å². The van der Waals surface area contributed by atoms with Crippen LogP contribution in [0.2, 0.25) is 0 Å². The van der Waals surface area contributed by atoms with Crippen molar-refractivity contribution >= 4 is 41.5 Å². The Labute approximate surface area is 222 Å². The van der Waals surface area contributed by atoms with Gasteiger partial charge in [-0.15, -0.1) is 0 Å². The molecule has 0 spiro atoms. The minimum Gasteiger partial charge on any atom is -0.481 e. The van der Waals surface area contributed by atoms with Gasteiger partial charge >= 0.3 is 11.9 Å². The lowest BCUT2D eigenvalue weighted by molar-refractivity contribution is -0.147. The molecule has 0 aliphatic heterocycles. The van der Waals surface area contributed by atoms with Crippen molar-refractivity contribution in [2.75, 3.05) is 6.54 Å². The number of nitrogens with two attached hydrogens (primary N) is 4. The second kappa shape index (κ2) is 16.2. The van der Waals surface area contributed by atoms with Crippen molar-refractivity contribution in [1.82, 2.24) is 25.9 Å². The summed E-state index contributed by atoms with van der Waals surface area (Å²) in [6, 6.07) is -5.60. The number of amides is 4. The molecule has 1 rings (SSSR count). The molecule has 4 amide bonds. The summed E-state index contributed by atoms with van der Waals surface area (Å²) in [4.78, 5) is 82.6. The van der Waals surface area contributed by atoms with Crippen molar-refractivity contribution in [1.29, 1.82) is 0 Å². The Bertz CT molecular complexity index is 1040. The number of H-pyrrole nitrogens is 1. The third-order valence-corrected chi connectivity index (χ3v) is 5.22. The van der Waals surface area contributed by atoms with Crippen LogP contribution in [0, 0.1) is 0 Å². The highest BCUT2D eigenvalue weighted by Crippen LogP contribution is 2.06. The molecule has 14 N–H and O–H groups in total. The second-order valence-electron chi connectivity index (χ2n) is 8.46. The lowest BCUT2D eigenvalue weighted by Gasteiger charge is -2.25. The van der Waals surface area contributed by atoms with Crippen LogP contribution < -0.4 is 38.9 Å². The number of nitrogens with one attached hydrogen (secondary N) is 4. The summed E-state index contributed by atoms with van der Waals surface area (Å²) >= 11 is 0. The number of carboxylic acids is 2. The van der Waals surface area contributed by atoms with E-state index in [1.54, 1.807) is 0 Å². The molecule has 0 fully saturated rings. The molecule has 39 heavy (non-hydrogen) atoms. The smallest absolute Gasteiger partial charge is 0.326 e. The molecule has 18 heteroatoms. The molecule has 216 valence electrons. The van der Waals surface area contributed by atoms with Crippen molar-refractivity contribution in [2.45, 2.75) is 62.7 Å². The zero-order valence-electron chi connectivity index (χ0n) is 21.0. The molecule has 0 aliphatic carbocycles. The monoisotopic (exact) mass is 554 g/mol. The minimum absolute atomic E-state index is 0.0593. The number of imidazole rings is 1. The van der Waals surface area contributed by atoms with E-state index < -0.39 is 66.2 Å². The predicted molar refractivity (Wildman–Crippen MR) is 134 cm³/mol. The summed E-state index contributed by atoms with van der Waals surface area (Å²) in [6.45, 7) is 0.0593. The van der Waals surface area contributed by atoms with Crippen molar-refractivity contribution in [3.05, 3.63) is 18.2 Å². The third-order valence-electron chi connectivity index (χ3n) is 5.22. The minimum atomic E-state index is -1.78. The van der Waals surface area contributed by atoms with Gasteiger partial charge in [0.05, 0.1) is 18.8 Å². The molecule has 0 saturated carbocycles. The average molecular weight is 555 g/mol. The van der Waals surface area contributed by atoms with Gasteiger partial charge in [-0.1, -0.05) is 0 Å². The molecular formula is C21H34N10O8. The highest BCUT2D eigenvalue weighted by molar-refractivity contribution is 5.95. The highest BCUT2D eigenvalue weighted by Gasteiger charge is 2.31. The van der Waals surface area contributed by atoms with E-state index in [-0.39, 0.29) is 44.6 Å². The number of guanidine groups is 1. The molecule has 1 aromatic rings. The maximum atomic E-state index is 13.1. The van der Waals surface area contributed by atoms with Crippen molar-refractivity contribution < 1.29 is 39.0 Å². The number of aromatic amines is 1. The average Bonchev–Trinajstić information content (AvgIpc) is 3.35. The SMILES string of the molecule is NC(=O)CCC(NC(=O)C(N)Cc1cnc[nH]1)C(=O)NC(CCCN=C(N)N)C(=O)NC(CC(=O)O)C(=O)O. The molecule has 0 saturated heterocycles. The number of aliphatic carboxylic acids is 2. The maximum absolute atomic E-state index is 13.1. The van der Waals surface area contributed by atoms with Gasteiger partial charge in [-0.3, -0.25) is 29.0 Å². The highest BCUT2D eigenvalue weighted by atomic mass is 16.4. The molecule has 1 heterocycles. The van der Waals surface area contributed by atoms with E-state index in [9.17, 15) is 33.9 Å². The van der Waals surface area contributed by atoms with Crippen LogP contribution in [0.4, 0.5) is 0 Å². The van der Waals surface area contributed by atoms with Gasteiger partial charge in [-0.25, -0.2) is 9.78 Å². The van der Waals surface area contributed by atoms with Crippen LogP contribution >= 0.6 is 0 Å². The van der Waals surface area contributed by atoms with Crippen LogP contribution in [0.1, 0.15) is 37.8 Å². The van der Waals surface area contributed by atoms with Crippen LogP contribution in [-0.4, -0.2) is 92.4 Å². The number of carbonyl (C=O) groups is 6. The van der Waals surface area contributed by atoms with Crippen LogP contribution in [-0.2, 0) is 35.2 Å². The summed E-state index contributed by atoms with van der Waals surface area (Å²) in [6.07, 6.45) is 1.53. The summed E-state index contributed by atoms with van der Waals surface area (Å²) in [5.41, 5.74) is 22.2. The quantitative estimate of drug-likeness (QED) is 0.0467. The normalized spacial score (nSPS) is 13.7. The number of nitrogens with zero attached hydrogens (tertiary/aromatic N) is 2. The van der Waals surface area contributed by atoms with Gasteiger partial charge in [0.15, 0.2) is 5.96 Å². The topological polar surface area (TPSA) is 324 Å². The van der Waals surface area contributed by atoms with Gasteiger partial charge in [0.2, 0.25) is 23.6 Å². The number of aliphatic imine (C=N–C) groups is 1. The predicted octanol–water partition coefficient (Wildman–Crippen LogP) is -4.39. The molecule has 0 radical (unpaired) electrons. The van der Waals surface area contributed by atoms with Gasteiger partial charge in [0.25, 0.3) is 0 Å². The molecule has 4 atom stereocenters. The number of rotatable bonds is 18. The van der Waals surface area contributed by atoms with Crippen LogP contribution in [0.15, 0.2) is 17.5 Å². The van der Waals surface area contributed by atoms with E-state index in [2.05, 4.69) is 30.9 Å². The molecule has 18 nitrogen and oxygen atoms in total. The number of primary amides is 1. The summed E-state index contributed by atoms with van der Waals surface area (Å²) in [5, 5.41) is 25.0. The van der Waals surface area contributed by atoms with Crippen molar-refractivity contribution in [2.24, 2.45) is 27.9 Å². The Morgan fingerprint density at radius 2 is 1.51 bits per heavy atom. The Kier molecular flexibility index (Phi) is 13.4. The van der Waals surface area contributed by atoms with Crippen LogP contribution in [0.25, 0.3) is 0 Å². The Balaban J connectivity index is 3.05. The third kappa shape index (κ3) is 12.9. The molecule has 0 aliphatic rings. The van der Waals surface area contributed by atoms with E-state index in [0.29, 0.717) is 5.69 Å². The number of carbonyl (C=O) groups excluding carboxylic acids is 4. The maximum Gasteiger partial charge on any atom is 0.326 e.